The highest BCUT2D eigenvalue weighted by molar-refractivity contribution is 7.13. The molecule has 1 aliphatic rings. The van der Waals surface area contributed by atoms with Gasteiger partial charge in [0, 0.05) is 24.2 Å². The summed E-state index contributed by atoms with van der Waals surface area (Å²) in [5.41, 5.74) is 8.68. The third-order valence-corrected chi connectivity index (χ3v) is 5.00. The Morgan fingerprint density at radius 2 is 2.29 bits per heavy atom. The number of nitrogens with two attached hydrogens (primary N) is 1. The van der Waals surface area contributed by atoms with Crippen LogP contribution in [0, 0.1) is 6.92 Å². The van der Waals surface area contributed by atoms with Crippen LogP contribution in [0.3, 0.4) is 0 Å². The summed E-state index contributed by atoms with van der Waals surface area (Å²) in [6.07, 6.45) is -0.195. The molecule has 1 amide bonds. The molecular formula is C17H22N4O2S. The number of ether oxygens (including phenoxy) is 1. The first-order valence-electron chi connectivity index (χ1n) is 7.96. The predicted octanol–water partition coefficient (Wildman–Crippen LogP) is 2.27. The monoisotopic (exact) mass is 346 g/mol. The van der Waals surface area contributed by atoms with E-state index in [4.69, 9.17) is 10.5 Å². The zero-order chi connectivity index (χ0) is 17.1. The second kappa shape index (κ2) is 7.29. The van der Waals surface area contributed by atoms with Crippen molar-refractivity contribution in [2.24, 2.45) is 5.73 Å². The number of para-hydroxylation sites is 1. The molecule has 1 saturated heterocycles. The lowest BCUT2D eigenvalue weighted by molar-refractivity contribution is -0.136. The third-order valence-electron chi connectivity index (χ3n) is 4.19. The van der Waals surface area contributed by atoms with E-state index in [-0.39, 0.29) is 12.0 Å². The summed E-state index contributed by atoms with van der Waals surface area (Å²) in [5.74, 6) is -0.351. The van der Waals surface area contributed by atoms with Crippen LogP contribution in [-0.4, -0.2) is 41.1 Å². The van der Waals surface area contributed by atoms with E-state index in [1.807, 2.05) is 35.4 Å². The number of morpholine rings is 1. The molecule has 0 spiro atoms. The highest BCUT2D eigenvalue weighted by Gasteiger charge is 2.34. The number of hydrogen-bond donors (Lipinski definition) is 2. The smallest absolute Gasteiger partial charge is 0.237 e. The van der Waals surface area contributed by atoms with Gasteiger partial charge in [0.25, 0.3) is 0 Å². The quantitative estimate of drug-likeness (QED) is 0.868. The number of carbonyl (C=O) groups is 1. The number of amides is 1. The maximum Gasteiger partial charge on any atom is 0.237 e. The van der Waals surface area contributed by atoms with Gasteiger partial charge in [0.15, 0.2) is 5.13 Å². The van der Waals surface area contributed by atoms with Gasteiger partial charge >= 0.3 is 0 Å². The summed E-state index contributed by atoms with van der Waals surface area (Å²) >= 11 is 1.56. The van der Waals surface area contributed by atoms with Crippen molar-refractivity contribution in [3.63, 3.8) is 0 Å². The molecule has 0 aliphatic carbocycles. The van der Waals surface area contributed by atoms with Gasteiger partial charge < -0.3 is 15.8 Å². The molecule has 7 heteroatoms. The molecular weight excluding hydrogens is 324 g/mol. The van der Waals surface area contributed by atoms with Crippen LogP contribution >= 0.6 is 11.3 Å². The maximum absolute atomic E-state index is 11.7. The molecule has 2 aromatic rings. The zero-order valence-electron chi connectivity index (χ0n) is 13.9. The molecule has 1 fully saturated rings. The second-order valence-electron chi connectivity index (χ2n) is 5.98. The average Bonchev–Trinajstić information content (AvgIpc) is 2.96. The third kappa shape index (κ3) is 3.75. The van der Waals surface area contributed by atoms with Crippen LogP contribution in [-0.2, 0) is 16.1 Å². The molecule has 0 saturated carbocycles. The van der Waals surface area contributed by atoms with E-state index in [0.717, 1.165) is 16.5 Å². The van der Waals surface area contributed by atoms with E-state index in [2.05, 4.69) is 23.3 Å². The van der Waals surface area contributed by atoms with Crippen LogP contribution in [0.25, 0.3) is 0 Å². The van der Waals surface area contributed by atoms with Gasteiger partial charge in [-0.05, 0) is 25.5 Å². The van der Waals surface area contributed by atoms with Gasteiger partial charge in [-0.15, -0.1) is 11.3 Å². The lowest BCUT2D eigenvalue weighted by Crippen LogP contribution is -2.56. The Morgan fingerprint density at radius 3 is 3.04 bits per heavy atom. The number of primary amides is 1. The van der Waals surface area contributed by atoms with Gasteiger partial charge in [0.05, 0.1) is 18.4 Å². The molecule has 2 heterocycles. The number of hydrogen-bond acceptors (Lipinski definition) is 6. The topological polar surface area (TPSA) is 80.5 Å². The van der Waals surface area contributed by atoms with Crippen LogP contribution in [0.15, 0.2) is 29.6 Å². The largest absolute Gasteiger partial charge is 0.375 e. The summed E-state index contributed by atoms with van der Waals surface area (Å²) in [6.45, 7) is 5.81. The normalized spacial score (nSPS) is 21.6. The SMILES string of the molecule is Cc1ccccc1Nc1nc(CN2CCO[C@H](C)[C@H]2C(N)=O)cs1. The number of carbonyl (C=O) groups excluding carboxylic acids is 1. The molecule has 6 nitrogen and oxygen atoms in total. The van der Waals surface area contributed by atoms with Crippen LogP contribution in [0.2, 0.25) is 0 Å². The van der Waals surface area contributed by atoms with E-state index in [9.17, 15) is 4.79 Å². The minimum atomic E-state index is -0.409. The average molecular weight is 346 g/mol. The number of aromatic nitrogens is 1. The first kappa shape index (κ1) is 16.9. The molecule has 3 rings (SSSR count). The molecule has 3 N–H and O–H groups in total. The van der Waals surface area contributed by atoms with E-state index >= 15 is 0 Å². The Kier molecular flexibility index (Phi) is 5.13. The summed E-state index contributed by atoms with van der Waals surface area (Å²) in [7, 11) is 0. The minimum Gasteiger partial charge on any atom is -0.375 e. The van der Waals surface area contributed by atoms with Crippen LogP contribution in [0.1, 0.15) is 18.2 Å². The molecule has 0 unspecified atom stereocenters. The van der Waals surface area contributed by atoms with Crippen molar-refractivity contribution in [2.75, 3.05) is 18.5 Å². The van der Waals surface area contributed by atoms with Crippen LogP contribution in [0.5, 0.6) is 0 Å². The molecule has 0 radical (unpaired) electrons. The molecule has 0 bridgehead atoms. The molecule has 128 valence electrons. The Hall–Kier alpha value is -1.96. The highest BCUT2D eigenvalue weighted by atomic mass is 32.1. The number of benzene rings is 1. The molecule has 1 aliphatic heterocycles. The van der Waals surface area contributed by atoms with Crippen LogP contribution in [0.4, 0.5) is 10.8 Å². The Balaban J connectivity index is 1.69. The van der Waals surface area contributed by atoms with Gasteiger partial charge in [0.1, 0.15) is 6.04 Å². The molecule has 1 aromatic heterocycles. The fraction of sp³-hybridized carbons (Fsp3) is 0.412. The molecule has 2 atom stereocenters. The number of anilines is 2. The number of thiazole rings is 1. The van der Waals surface area contributed by atoms with Crippen molar-refractivity contribution >= 4 is 28.1 Å². The van der Waals surface area contributed by atoms with E-state index in [1.54, 1.807) is 11.3 Å². The van der Waals surface area contributed by atoms with Gasteiger partial charge in [-0.3, -0.25) is 9.69 Å². The summed E-state index contributed by atoms with van der Waals surface area (Å²) in [4.78, 5) is 18.4. The number of rotatable bonds is 5. The van der Waals surface area contributed by atoms with Crippen LogP contribution < -0.4 is 11.1 Å². The van der Waals surface area contributed by atoms with Crippen molar-refractivity contribution in [1.29, 1.82) is 0 Å². The number of nitrogens with one attached hydrogen (secondary N) is 1. The summed E-state index contributed by atoms with van der Waals surface area (Å²) in [6, 6.07) is 7.69. The summed E-state index contributed by atoms with van der Waals surface area (Å²) < 4.78 is 5.54. The number of nitrogens with zero attached hydrogens (tertiary/aromatic N) is 2. The van der Waals surface area contributed by atoms with Gasteiger partial charge in [0.2, 0.25) is 5.91 Å². The van der Waals surface area contributed by atoms with Crippen molar-refractivity contribution in [3.8, 4) is 0 Å². The first-order chi connectivity index (χ1) is 11.5. The fourth-order valence-corrected chi connectivity index (χ4v) is 3.66. The van der Waals surface area contributed by atoms with Gasteiger partial charge in [-0.1, -0.05) is 18.2 Å². The lowest BCUT2D eigenvalue weighted by Gasteiger charge is -2.37. The van der Waals surface area contributed by atoms with E-state index in [1.165, 1.54) is 5.56 Å². The highest BCUT2D eigenvalue weighted by Crippen LogP contribution is 2.25. The Bertz CT molecular complexity index is 718. The summed E-state index contributed by atoms with van der Waals surface area (Å²) in [5, 5.41) is 6.20. The fourth-order valence-electron chi connectivity index (χ4n) is 2.95. The van der Waals surface area contributed by atoms with Crippen molar-refractivity contribution < 1.29 is 9.53 Å². The molecule has 24 heavy (non-hydrogen) atoms. The first-order valence-corrected chi connectivity index (χ1v) is 8.84. The standard InChI is InChI=1S/C17H22N4O2S/c1-11-5-3-4-6-14(11)20-17-19-13(10-24-17)9-21-7-8-23-12(2)15(21)16(18)22/h3-6,10,12,15H,7-9H2,1-2H3,(H2,18,22)(H,19,20)/t12-,15+/m1/s1. The second-order valence-corrected chi connectivity index (χ2v) is 6.84. The van der Waals surface area contributed by atoms with Crippen molar-refractivity contribution in [3.05, 3.63) is 40.9 Å². The maximum atomic E-state index is 11.7. The van der Waals surface area contributed by atoms with E-state index in [0.29, 0.717) is 19.7 Å². The number of aryl methyl sites for hydroxylation is 1. The minimum absolute atomic E-state index is 0.195. The lowest BCUT2D eigenvalue weighted by atomic mass is 10.1. The van der Waals surface area contributed by atoms with Gasteiger partial charge in [-0.2, -0.15) is 0 Å². The van der Waals surface area contributed by atoms with Crippen molar-refractivity contribution in [2.45, 2.75) is 32.5 Å². The Labute approximate surface area is 145 Å². The zero-order valence-corrected chi connectivity index (χ0v) is 14.7. The molecule has 1 aromatic carbocycles. The van der Waals surface area contributed by atoms with Gasteiger partial charge in [-0.25, -0.2) is 4.98 Å². The predicted molar refractivity (Wildman–Crippen MR) is 95.4 cm³/mol. The van der Waals surface area contributed by atoms with E-state index < -0.39 is 6.04 Å². The Morgan fingerprint density at radius 1 is 1.50 bits per heavy atom. The van der Waals surface area contributed by atoms with Crippen molar-refractivity contribution in [1.82, 2.24) is 9.88 Å².